The summed E-state index contributed by atoms with van der Waals surface area (Å²) in [5.41, 5.74) is 0.926. The summed E-state index contributed by atoms with van der Waals surface area (Å²) in [7, 11) is 0. The maximum absolute atomic E-state index is 14.2. The molecule has 106 valence electrons. The van der Waals surface area contributed by atoms with Gasteiger partial charge in [0.2, 0.25) is 5.43 Å². The first kappa shape index (κ1) is 14.7. The molecule has 0 N–H and O–H groups in total. The van der Waals surface area contributed by atoms with Crippen LogP contribution in [0.3, 0.4) is 0 Å². The lowest BCUT2D eigenvalue weighted by molar-refractivity contribution is 0.527. The highest BCUT2D eigenvalue weighted by Gasteiger charge is 2.20. The van der Waals surface area contributed by atoms with E-state index in [9.17, 15) is 9.18 Å². The second-order valence-corrected chi connectivity index (χ2v) is 4.49. The second-order valence-electron chi connectivity index (χ2n) is 4.49. The van der Waals surface area contributed by atoms with Gasteiger partial charge in [0.15, 0.2) is 0 Å². The third-order valence-electron chi connectivity index (χ3n) is 3.25. The van der Waals surface area contributed by atoms with E-state index in [-0.39, 0.29) is 27.9 Å². The van der Waals surface area contributed by atoms with Crippen LogP contribution >= 0.6 is 0 Å². The zero-order chi connectivity index (χ0) is 15.6. The van der Waals surface area contributed by atoms with Gasteiger partial charge in [-0.15, -0.1) is 0 Å². The normalized spacial score (nSPS) is 10.2. The standard InChI is InChI=1S/C18H15FO2/c1-5-12-14(6-2)21-15(7-3)17(18(12)20)16-11(4)9-8-10-13(16)19/h5-10H,1-3H2,4H3. The fourth-order valence-electron chi connectivity index (χ4n) is 2.26. The van der Waals surface area contributed by atoms with Crippen LogP contribution in [-0.2, 0) is 0 Å². The van der Waals surface area contributed by atoms with Crippen LogP contribution in [0.25, 0.3) is 29.4 Å². The van der Waals surface area contributed by atoms with Crippen molar-refractivity contribution >= 4 is 18.2 Å². The number of hydrogen-bond donors (Lipinski definition) is 0. The van der Waals surface area contributed by atoms with Gasteiger partial charge in [-0.05, 0) is 30.7 Å². The van der Waals surface area contributed by atoms with Crippen LogP contribution in [0.4, 0.5) is 4.39 Å². The Bertz CT molecular complexity index is 777. The number of benzene rings is 1. The molecular formula is C18H15FO2. The Morgan fingerprint density at radius 2 is 1.71 bits per heavy atom. The Labute approximate surface area is 122 Å². The minimum Gasteiger partial charge on any atom is -0.456 e. The van der Waals surface area contributed by atoms with E-state index in [1.165, 1.54) is 24.3 Å². The molecule has 0 atom stereocenters. The Morgan fingerprint density at radius 3 is 2.24 bits per heavy atom. The van der Waals surface area contributed by atoms with Crippen molar-refractivity contribution in [3.8, 4) is 11.1 Å². The van der Waals surface area contributed by atoms with Crippen molar-refractivity contribution in [1.82, 2.24) is 0 Å². The van der Waals surface area contributed by atoms with Crippen molar-refractivity contribution in [3.05, 3.63) is 76.6 Å². The minimum absolute atomic E-state index is 0.154. The lowest BCUT2D eigenvalue weighted by Crippen LogP contribution is -2.13. The Hall–Kier alpha value is -2.68. The topological polar surface area (TPSA) is 30.2 Å². The van der Waals surface area contributed by atoms with Gasteiger partial charge in [0.25, 0.3) is 0 Å². The van der Waals surface area contributed by atoms with Gasteiger partial charge in [0.1, 0.15) is 17.3 Å². The van der Waals surface area contributed by atoms with Gasteiger partial charge >= 0.3 is 0 Å². The van der Waals surface area contributed by atoms with Gasteiger partial charge in [-0.1, -0.05) is 37.9 Å². The maximum atomic E-state index is 14.2. The Morgan fingerprint density at radius 1 is 1.05 bits per heavy atom. The molecule has 1 heterocycles. The summed E-state index contributed by atoms with van der Waals surface area (Å²) in [6.07, 6.45) is 4.20. The fourth-order valence-corrected chi connectivity index (χ4v) is 2.26. The Kier molecular flexibility index (Phi) is 4.03. The molecule has 0 spiro atoms. The fraction of sp³-hybridized carbons (Fsp3) is 0.0556. The van der Waals surface area contributed by atoms with E-state index in [0.717, 1.165) is 0 Å². The predicted octanol–water partition coefficient (Wildman–Crippen LogP) is 4.68. The zero-order valence-electron chi connectivity index (χ0n) is 11.8. The van der Waals surface area contributed by atoms with Crippen LogP contribution in [0.15, 0.2) is 47.1 Å². The van der Waals surface area contributed by atoms with Crippen molar-refractivity contribution in [1.29, 1.82) is 0 Å². The maximum Gasteiger partial charge on any atom is 0.201 e. The highest BCUT2D eigenvalue weighted by molar-refractivity contribution is 5.78. The van der Waals surface area contributed by atoms with Crippen LogP contribution < -0.4 is 5.43 Å². The lowest BCUT2D eigenvalue weighted by Gasteiger charge is -2.12. The summed E-state index contributed by atoms with van der Waals surface area (Å²) in [5.74, 6) is 0.0307. The summed E-state index contributed by atoms with van der Waals surface area (Å²) >= 11 is 0. The third-order valence-corrected chi connectivity index (χ3v) is 3.25. The molecule has 0 aliphatic rings. The first-order valence-electron chi connectivity index (χ1n) is 6.39. The predicted molar refractivity (Wildman–Crippen MR) is 85.4 cm³/mol. The van der Waals surface area contributed by atoms with Gasteiger partial charge in [-0.3, -0.25) is 4.79 Å². The molecule has 0 unspecified atom stereocenters. The van der Waals surface area contributed by atoms with Gasteiger partial charge in [0, 0.05) is 5.56 Å². The molecular weight excluding hydrogens is 267 g/mol. The largest absolute Gasteiger partial charge is 0.456 e. The smallest absolute Gasteiger partial charge is 0.201 e. The van der Waals surface area contributed by atoms with Gasteiger partial charge in [-0.25, -0.2) is 4.39 Å². The average Bonchev–Trinajstić information content (AvgIpc) is 2.47. The highest BCUT2D eigenvalue weighted by Crippen LogP contribution is 2.29. The van der Waals surface area contributed by atoms with Crippen molar-refractivity contribution in [3.63, 3.8) is 0 Å². The molecule has 2 rings (SSSR count). The van der Waals surface area contributed by atoms with E-state index in [1.807, 2.05) is 0 Å². The van der Waals surface area contributed by atoms with Crippen molar-refractivity contribution in [2.75, 3.05) is 0 Å². The van der Waals surface area contributed by atoms with Gasteiger partial charge in [0.05, 0.1) is 11.1 Å². The summed E-state index contributed by atoms with van der Waals surface area (Å²) in [6, 6.07) is 4.64. The summed E-state index contributed by atoms with van der Waals surface area (Å²) in [6.45, 7) is 12.6. The van der Waals surface area contributed by atoms with E-state index >= 15 is 0 Å². The minimum atomic E-state index is -0.480. The molecule has 0 aliphatic heterocycles. The molecule has 0 fully saturated rings. The van der Waals surface area contributed by atoms with Crippen LogP contribution in [0.1, 0.15) is 22.6 Å². The molecule has 1 aromatic heterocycles. The molecule has 21 heavy (non-hydrogen) atoms. The van der Waals surface area contributed by atoms with Crippen molar-refractivity contribution < 1.29 is 8.81 Å². The third kappa shape index (κ3) is 2.38. The molecule has 0 saturated carbocycles. The van der Waals surface area contributed by atoms with E-state index in [0.29, 0.717) is 11.3 Å². The summed E-state index contributed by atoms with van der Waals surface area (Å²) in [4.78, 5) is 12.7. The quantitative estimate of drug-likeness (QED) is 0.814. The SMILES string of the molecule is C=Cc1oc(C=C)c(-c2c(C)cccc2F)c(=O)c1C=C. The highest BCUT2D eigenvalue weighted by atomic mass is 19.1. The van der Waals surface area contributed by atoms with E-state index < -0.39 is 5.82 Å². The molecule has 0 bridgehead atoms. The Balaban J connectivity index is 2.99. The first-order valence-corrected chi connectivity index (χ1v) is 6.39. The molecule has 0 radical (unpaired) electrons. The molecule has 0 amide bonds. The van der Waals surface area contributed by atoms with Gasteiger partial charge < -0.3 is 4.42 Å². The van der Waals surface area contributed by atoms with E-state index in [4.69, 9.17) is 4.42 Å². The zero-order valence-corrected chi connectivity index (χ0v) is 11.8. The summed E-state index contributed by atoms with van der Waals surface area (Å²) < 4.78 is 19.8. The van der Waals surface area contributed by atoms with Gasteiger partial charge in [-0.2, -0.15) is 0 Å². The van der Waals surface area contributed by atoms with Crippen molar-refractivity contribution in [2.24, 2.45) is 0 Å². The molecule has 2 nitrogen and oxygen atoms in total. The van der Waals surface area contributed by atoms with E-state index in [1.54, 1.807) is 19.1 Å². The molecule has 0 saturated heterocycles. The molecule has 2 aromatic rings. The first-order chi connectivity index (χ1) is 10.0. The monoisotopic (exact) mass is 282 g/mol. The van der Waals surface area contributed by atoms with Crippen LogP contribution in [0, 0.1) is 12.7 Å². The van der Waals surface area contributed by atoms with E-state index in [2.05, 4.69) is 19.7 Å². The number of halogens is 1. The number of aryl methyl sites for hydroxylation is 1. The van der Waals surface area contributed by atoms with Crippen LogP contribution in [-0.4, -0.2) is 0 Å². The second kappa shape index (κ2) is 5.75. The van der Waals surface area contributed by atoms with Crippen LogP contribution in [0.5, 0.6) is 0 Å². The number of rotatable bonds is 4. The van der Waals surface area contributed by atoms with Crippen LogP contribution in [0.2, 0.25) is 0 Å². The molecule has 1 aromatic carbocycles. The lowest BCUT2D eigenvalue weighted by atomic mass is 9.96. The molecule has 0 aliphatic carbocycles. The van der Waals surface area contributed by atoms with Crippen molar-refractivity contribution in [2.45, 2.75) is 6.92 Å². The average molecular weight is 282 g/mol. The molecule has 3 heteroatoms. The summed E-state index contributed by atoms with van der Waals surface area (Å²) in [5, 5.41) is 0. The number of hydrogen-bond acceptors (Lipinski definition) is 2.